The summed E-state index contributed by atoms with van der Waals surface area (Å²) in [5.41, 5.74) is 7.14. The van der Waals surface area contributed by atoms with E-state index in [0.29, 0.717) is 5.82 Å². The van der Waals surface area contributed by atoms with Crippen LogP contribution < -0.4 is 10.6 Å². The molecule has 1 saturated heterocycles. The van der Waals surface area contributed by atoms with Crippen molar-refractivity contribution in [2.75, 3.05) is 23.7 Å². The third-order valence-electron chi connectivity index (χ3n) is 2.89. The zero-order valence-corrected chi connectivity index (χ0v) is 11.0. The number of hydrogen-bond donors (Lipinski definition) is 1. The number of aromatic nitrogens is 2. The van der Waals surface area contributed by atoms with Gasteiger partial charge in [0.1, 0.15) is 5.82 Å². The van der Waals surface area contributed by atoms with Crippen molar-refractivity contribution < 1.29 is 0 Å². The van der Waals surface area contributed by atoms with Crippen LogP contribution in [0.2, 0.25) is 0 Å². The molecule has 2 rings (SSSR count). The van der Waals surface area contributed by atoms with Crippen molar-refractivity contribution in [3.63, 3.8) is 0 Å². The molecule has 0 radical (unpaired) electrons. The summed E-state index contributed by atoms with van der Waals surface area (Å²) >= 11 is 0. The minimum atomic E-state index is 0.225. The van der Waals surface area contributed by atoms with E-state index >= 15 is 0 Å². The Bertz CT molecular complexity index is 389. The topological polar surface area (TPSA) is 55.0 Å². The molecule has 0 bridgehead atoms. The monoisotopic (exact) mass is 234 g/mol. The van der Waals surface area contributed by atoms with Crippen LogP contribution in [0, 0.1) is 5.41 Å². The summed E-state index contributed by atoms with van der Waals surface area (Å²) in [6.45, 7) is 8.74. The largest absolute Gasteiger partial charge is 0.384 e. The van der Waals surface area contributed by atoms with Crippen molar-refractivity contribution in [3.05, 3.63) is 11.8 Å². The van der Waals surface area contributed by atoms with Crippen LogP contribution in [0.25, 0.3) is 0 Å². The minimum absolute atomic E-state index is 0.225. The molecule has 1 aliphatic heterocycles. The molecule has 0 amide bonds. The van der Waals surface area contributed by atoms with Crippen molar-refractivity contribution in [3.8, 4) is 0 Å². The standard InChI is InChI=1S/C13H22N4/c1-13(2,3)9-10-8-11(14)16-12(15-10)17-6-4-5-7-17/h8H,4-7,9H2,1-3H3,(H2,14,15,16). The molecule has 1 aromatic rings. The summed E-state index contributed by atoms with van der Waals surface area (Å²) in [6, 6.07) is 1.89. The van der Waals surface area contributed by atoms with E-state index in [1.54, 1.807) is 0 Å². The molecule has 2 N–H and O–H groups in total. The summed E-state index contributed by atoms with van der Waals surface area (Å²) < 4.78 is 0. The fourth-order valence-electron chi connectivity index (χ4n) is 2.20. The zero-order chi connectivity index (χ0) is 12.5. The molecule has 0 aromatic carbocycles. The van der Waals surface area contributed by atoms with Gasteiger partial charge in [0.25, 0.3) is 0 Å². The van der Waals surface area contributed by atoms with Gasteiger partial charge in [-0.15, -0.1) is 0 Å². The predicted octanol–water partition coefficient (Wildman–Crippen LogP) is 2.25. The third-order valence-corrected chi connectivity index (χ3v) is 2.89. The van der Waals surface area contributed by atoms with E-state index in [4.69, 9.17) is 5.73 Å². The van der Waals surface area contributed by atoms with E-state index in [2.05, 4.69) is 35.6 Å². The lowest BCUT2D eigenvalue weighted by Crippen LogP contribution is -2.22. The first-order chi connectivity index (χ1) is 7.94. The maximum Gasteiger partial charge on any atom is 0.227 e. The molecule has 0 atom stereocenters. The Morgan fingerprint density at radius 2 is 1.88 bits per heavy atom. The van der Waals surface area contributed by atoms with Crippen molar-refractivity contribution in [1.82, 2.24) is 9.97 Å². The molecule has 1 fully saturated rings. The van der Waals surface area contributed by atoms with Gasteiger partial charge in [0.05, 0.1) is 0 Å². The number of nitrogen functional groups attached to an aromatic ring is 1. The number of anilines is 2. The Labute approximate surface area is 103 Å². The van der Waals surface area contributed by atoms with Crippen LogP contribution in [-0.4, -0.2) is 23.1 Å². The fourth-order valence-corrected chi connectivity index (χ4v) is 2.20. The second kappa shape index (κ2) is 4.51. The van der Waals surface area contributed by atoms with Crippen LogP contribution in [-0.2, 0) is 6.42 Å². The smallest absolute Gasteiger partial charge is 0.227 e. The molecule has 0 spiro atoms. The second-order valence-electron chi connectivity index (χ2n) is 6.02. The quantitative estimate of drug-likeness (QED) is 0.852. The summed E-state index contributed by atoms with van der Waals surface area (Å²) in [5.74, 6) is 1.39. The molecular formula is C13H22N4. The molecule has 17 heavy (non-hydrogen) atoms. The average molecular weight is 234 g/mol. The van der Waals surface area contributed by atoms with Gasteiger partial charge in [-0.1, -0.05) is 20.8 Å². The Morgan fingerprint density at radius 1 is 1.24 bits per heavy atom. The third kappa shape index (κ3) is 3.32. The number of rotatable bonds is 2. The maximum absolute atomic E-state index is 5.87. The van der Waals surface area contributed by atoms with Crippen LogP contribution in [0.1, 0.15) is 39.3 Å². The van der Waals surface area contributed by atoms with Gasteiger partial charge in [0.15, 0.2) is 0 Å². The summed E-state index contributed by atoms with van der Waals surface area (Å²) in [7, 11) is 0. The molecular weight excluding hydrogens is 212 g/mol. The highest BCUT2D eigenvalue weighted by Crippen LogP contribution is 2.23. The highest BCUT2D eigenvalue weighted by atomic mass is 15.3. The molecule has 1 aromatic heterocycles. The lowest BCUT2D eigenvalue weighted by molar-refractivity contribution is 0.406. The number of nitrogens with zero attached hydrogens (tertiary/aromatic N) is 3. The van der Waals surface area contributed by atoms with Gasteiger partial charge in [0.2, 0.25) is 5.95 Å². The second-order valence-corrected chi connectivity index (χ2v) is 6.02. The molecule has 0 unspecified atom stereocenters. The van der Waals surface area contributed by atoms with Crippen LogP contribution in [0.4, 0.5) is 11.8 Å². The fraction of sp³-hybridized carbons (Fsp3) is 0.692. The highest BCUT2D eigenvalue weighted by Gasteiger charge is 2.18. The van der Waals surface area contributed by atoms with E-state index in [-0.39, 0.29) is 5.41 Å². The van der Waals surface area contributed by atoms with E-state index < -0.39 is 0 Å². The molecule has 0 saturated carbocycles. The van der Waals surface area contributed by atoms with Gasteiger partial charge in [-0.25, -0.2) is 4.98 Å². The van der Waals surface area contributed by atoms with Crippen molar-refractivity contribution in [2.45, 2.75) is 40.0 Å². The average Bonchev–Trinajstić information content (AvgIpc) is 2.65. The van der Waals surface area contributed by atoms with Gasteiger partial charge in [-0.2, -0.15) is 4.98 Å². The highest BCUT2D eigenvalue weighted by molar-refractivity contribution is 5.41. The number of hydrogen-bond acceptors (Lipinski definition) is 4. The van der Waals surface area contributed by atoms with Crippen LogP contribution in [0.15, 0.2) is 6.07 Å². The maximum atomic E-state index is 5.87. The van der Waals surface area contributed by atoms with Crippen LogP contribution in [0.5, 0.6) is 0 Å². The molecule has 4 heteroatoms. The van der Waals surface area contributed by atoms with Crippen molar-refractivity contribution >= 4 is 11.8 Å². The van der Waals surface area contributed by atoms with E-state index in [1.165, 1.54) is 12.8 Å². The first-order valence-corrected chi connectivity index (χ1v) is 6.32. The lowest BCUT2D eigenvalue weighted by Gasteiger charge is -2.20. The van der Waals surface area contributed by atoms with Gasteiger partial charge < -0.3 is 10.6 Å². The zero-order valence-electron chi connectivity index (χ0n) is 11.0. The molecule has 2 heterocycles. The Morgan fingerprint density at radius 3 is 2.47 bits per heavy atom. The van der Waals surface area contributed by atoms with Gasteiger partial charge >= 0.3 is 0 Å². The lowest BCUT2D eigenvalue weighted by atomic mass is 9.90. The molecule has 0 aliphatic carbocycles. The van der Waals surface area contributed by atoms with E-state index in [9.17, 15) is 0 Å². The van der Waals surface area contributed by atoms with Crippen LogP contribution in [0.3, 0.4) is 0 Å². The first-order valence-electron chi connectivity index (χ1n) is 6.32. The number of nitrogens with two attached hydrogens (primary N) is 1. The SMILES string of the molecule is CC(C)(C)Cc1cc(N)nc(N2CCCC2)n1. The summed E-state index contributed by atoms with van der Waals surface area (Å²) in [4.78, 5) is 11.2. The molecule has 94 valence electrons. The normalized spacial score (nSPS) is 16.5. The summed E-state index contributed by atoms with van der Waals surface area (Å²) in [6.07, 6.45) is 3.39. The van der Waals surface area contributed by atoms with Crippen molar-refractivity contribution in [1.29, 1.82) is 0 Å². The van der Waals surface area contributed by atoms with E-state index in [1.807, 2.05) is 6.07 Å². The van der Waals surface area contributed by atoms with Gasteiger partial charge in [-0.05, 0) is 24.7 Å². The summed E-state index contributed by atoms with van der Waals surface area (Å²) in [5, 5.41) is 0. The Balaban J connectivity index is 2.22. The first kappa shape index (κ1) is 12.1. The minimum Gasteiger partial charge on any atom is -0.384 e. The Kier molecular flexibility index (Phi) is 3.22. The molecule has 4 nitrogen and oxygen atoms in total. The Hall–Kier alpha value is -1.32. The van der Waals surface area contributed by atoms with Crippen LogP contribution >= 0.6 is 0 Å². The predicted molar refractivity (Wildman–Crippen MR) is 71.1 cm³/mol. The van der Waals surface area contributed by atoms with E-state index in [0.717, 1.165) is 31.2 Å². The van der Waals surface area contributed by atoms with Gasteiger partial charge in [0, 0.05) is 24.8 Å². The molecule has 1 aliphatic rings. The van der Waals surface area contributed by atoms with Gasteiger partial charge in [-0.3, -0.25) is 0 Å². The van der Waals surface area contributed by atoms with Crippen molar-refractivity contribution in [2.24, 2.45) is 5.41 Å².